The van der Waals surface area contributed by atoms with Gasteiger partial charge in [-0.3, -0.25) is 4.79 Å². The van der Waals surface area contributed by atoms with Gasteiger partial charge >= 0.3 is 12.1 Å². The molecule has 10 nitrogen and oxygen atoms in total. The van der Waals surface area contributed by atoms with Crippen LogP contribution in [-0.4, -0.2) is 75.0 Å². The maximum Gasteiger partial charge on any atom is 0.412 e. The molecule has 204 valence electrons. The van der Waals surface area contributed by atoms with Gasteiger partial charge in [0, 0.05) is 23.9 Å². The molecule has 1 saturated heterocycles. The maximum atomic E-state index is 13.1. The normalized spacial score (nSPS) is 21.9. The second kappa shape index (κ2) is 12.9. The number of rotatable bonds is 12. The lowest BCUT2D eigenvalue weighted by Gasteiger charge is -2.46. The summed E-state index contributed by atoms with van der Waals surface area (Å²) in [6.07, 6.45) is 1.19. The lowest BCUT2D eigenvalue weighted by Crippen LogP contribution is -2.63. The summed E-state index contributed by atoms with van der Waals surface area (Å²) in [6, 6.07) is -0.364. The molecule has 37 heavy (non-hydrogen) atoms. The molecule has 1 fully saturated rings. The first-order valence-corrected chi connectivity index (χ1v) is 14.1. The number of carbonyl (C=O) groups is 3. The molecule has 0 bridgehead atoms. The molecule has 0 spiro atoms. The summed E-state index contributed by atoms with van der Waals surface area (Å²) in [5, 5.41) is 21.3. The standard InChI is InChI=1S/C25H35N3O7S2/c1-6-27(9-7-14(2)3)25(33)35-13-34-24(32)21-22(36-10-8-18-17(11-29)26-12-37-18)15(4)20-19(16(5)30)23(31)28(20)21/h8,10,12,14-16,19-20,29-30H,6-7,9,11,13H2,1-5H3/b10-8-/t15-,16-,19-,20-/m1/s1. The van der Waals surface area contributed by atoms with Crippen LogP contribution in [0.1, 0.15) is 51.6 Å². The molecule has 2 aliphatic heterocycles. The Morgan fingerprint density at radius 3 is 2.68 bits per heavy atom. The minimum absolute atomic E-state index is 0.101. The molecule has 1 aromatic rings. The molecule has 3 rings (SSSR count). The summed E-state index contributed by atoms with van der Waals surface area (Å²) in [7, 11) is 0. The lowest BCUT2D eigenvalue weighted by atomic mass is 9.79. The van der Waals surface area contributed by atoms with Gasteiger partial charge in [0.05, 0.1) is 40.8 Å². The molecule has 0 saturated carbocycles. The number of hydrogen-bond donors (Lipinski definition) is 2. The van der Waals surface area contributed by atoms with E-state index >= 15 is 0 Å². The second-order valence-electron chi connectivity index (χ2n) is 9.43. The Kier molecular flexibility index (Phi) is 10.2. The molecule has 0 aliphatic carbocycles. The summed E-state index contributed by atoms with van der Waals surface area (Å²) < 4.78 is 10.4. The number of thioether (sulfide) groups is 1. The number of β-lactam (4-membered cyclic amide) rings is 1. The molecule has 0 radical (unpaired) electrons. The van der Waals surface area contributed by atoms with E-state index in [0.29, 0.717) is 29.6 Å². The highest BCUT2D eigenvalue weighted by Crippen LogP contribution is 2.51. The van der Waals surface area contributed by atoms with E-state index in [1.807, 2.05) is 13.8 Å². The number of aromatic nitrogens is 1. The van der Waals surface area contributed by atoms with E-state index in [4.69, 9.17) is 9.47 Å². The molecule has 12 heteroatoms. The zero-order valence-corrected chi connectivity index (χ0v) is 23.4. The van der Waals surface area contributed by atoms with E-state index in [-0.39, 0.29) is 30.2 Å². The Labute approximate surface area is 225 Å². The highest BCUT2D eigenvalue weighted by Gasteiger charge is 2.60. The van der Waals surface area contributed by atoms with Gasteiger partial charge < -0.3 is 29.5 Å². The van der Waals surface area contributed by atoms with Gasteiger partial charge in [-0.1, -0.05) is 32.5 Å². The van der Waals surface area contributed by atoms with Gasteiger partial charge in [-0.2, -0.15) is 0 Å². The fraction of sp³-hybridized carbons (Fsp3) is 0.600. The Morgan fingerprint density at radius 1 is 1.32 bits per heavy atom. The van der Waals surface area contributed by atoms with Crippen molar-refractivity contribution in [3.8, 4) is 0 Å². The summed E-state index contributed by atoms with van der Waals surface area (Å²) in [5.74, 6) is -1.51. The topological polar surface area (TPSA) is 130 Å². The van der Waals surface area contributed by atoms with Crippen LogP contribution >= 0.6 is 23.1 Å². The summed E-state index contributed by atoms with van der Waals surface area (Å²) in [5.41, 5.74) is 2.29. The van der Waals surface area contributed by atoms with Crippen LogP contribution in [0, 0.1) is 17.8 Å². The first-order chi connectivity index (χ1) is 17.6. The third-order valence-electron chi connectivity index (χ3n) is 6.53. The molecule has 4 atom stereocenters. The first kappa shape index (κ1) is 29.2. The van der Waals surface area contributed by atoms with Crippen molar-refractivity contribution in [3.05, 3.63) is 32.1 Å². The molecular weight excluding hydrogens is 518 g/mol. The molecule has 3 heterocycles. The number of amides is 2. The Hall–Kier alpha value is -2.41. The van der Waals surface area contributed by atoms with E-state index in [2.05, 4.69) is 18.8 Å². The van der Waals surface area contributed by atoms with E-state index < -0.39 is 30.9 Å². The van der Waals surface area contributed by atoms with Crippen molar-refractivity contribution in [2.45, 2.75) is 59.8 Å². The van der Waals surface area contributed by atoms with Crippen LogP contribution in [0.15, 0.2) is 21.5 Å². The first-order valence-electron chi connectivity index (χ1n) is 12.3. The highest BCUT2D eigenvalue weighted by atomic mass is 32.2. The van der Waals surface area contributed by atoms with Gasteiger partial charge in [0.2, 0.25) is 12.7 Å². The quantitative estimate of drug-likeness (QED) is 0.227. The third-order valence-corrected chi connectivity index (χ3v) is 8.46. The number of thiazole rings is 1. The van der Waals surface area contributed by atoms with Crippen LogP contribution in [-0.2, 0) is 25.7 Å². The average molecular weight is 554 g/mol. The smallest absolute Gasteiger partial charge is 0.412 e. The van der Waals surface area contributed by atoms with Crippen LogP contribution in [0.4, 0.5) is 4.79 Å². The van der Waals surface area contributed by atoms with Crippen LogP contribution < -0.4 is 0 Å². The largest absolute Gasteiger partial charge is 0.423 e. The van der Waals surface area contributed by atoms with E-state index in [1.54, 1.807) is 28.8 Å². The number of fused-ring (bicyclic) bond motifs is 1. The van der Waals surface area contributed by atoms with Crippen molar-refractivity contribution >= 4 is 47.1 Å². The molecule has 0 unspecified atom stereocenters. The van der Waals surface area contributed by atoms with Gasteiger partial charge in [-0.15, -0.1) is 11.3 Å². The molecular formula is C25H35N3O7S2. The number of aliphatic hydroxyl groups is 2. The number of nitrogens with zero attached hydrogens (tertiary/aromatic N) is 3. The van der Waals surface area contributed by atoms with E-state index in [9.17, 15) is 24.6 Å². The Morgan fingerprint density at radius 2 is 2.05 bits per heavy atom. The second-order valence-corrected chi connectivity index (χ2v) is 11.3. The van der Waals surface area contributed by atoms with Crippen LogP contribution in [0.5, 0.6) is 0 Å². The summed E-state index contributed by atoms with van der Waals surface area (Å²) in [6.45, 7) is 9.69. The zero-order chi connectivity index (χ0) is 27.3. The summed E-state index contributed by atoms with van der Waals surface area (Å²) in [4.78, 5) is 46.8. The highest BCUT2D eigenvalue weighted by molar-refractivity contribution is 8.06. The van der Waals surface area contributed by atoms with Crippen molar-refractivity contribution in [1.29, 1.82) is 0 Å². The van der Waals surface area contributed by atoms with E-state index in [1.165, 1.54) is 28.0 Å². The van der Waals surface area contributed by atoms with Crippen molar-refractivity contribution in [2.75, 3.05) is 19.9 Å². The van der Waals surface area contributed by atoms with Gasteiger partial charge in [0.25, 0.3) is 0 Å². The fourth-order valence-corrected chi connectivity index (χ4v) is 6.23. The molecule has 2 aliphatic rings. The SMILES string of the molecule is CCN(CCC(C)C)C(=O)OCOC(=O)C1=C(S/C=C\c2scnc2CO)[C@H](C)[C@@H]2[C@@H]([C@@H](C)O)C(=O)N12. The van der Waals surface area contributed by atoms with Crippen LogP contribution in [0.25, 0.3) is 6.08 Å². The number of carbonyl (C=O) groups excluding carboxylic acids is 3. The van der Waals surface area contributed by atoms with Crippen molar-refractivity contribution in [2.24, 2.45) is 17.8 Å². The predicted octanol–water partition coefficient (Wildman–Crippen LogP) is 3.41. The van der Waals surface area contributed by atoms with Gasteiger partial charge in [0.15, 0.2) is 0 Å². The van der Waals surface area contributed by atoms with Gasteiger partial charge in [-0.05, 0) is 37.7 Å². The fourth-order valence-electron chi connectivity index (χ4n) is 4.46. The zero-order valence-electron chi connectivity index (χ0n) is 21.7. The van der Waals surface area contributed by atoms with Crippen molar-refractivity contribution in [1.82, 2.24) is 14.8 Å². The lowest BCUT2D eigenvalue weighted by molar-refractivity contribution is -0.166. The molecule has 2 amide bonds. The number of hydrogen-bond acceptors (Lipinski definition) is 10. The van der Waals surface area contributed by atoms with Gasteiger partial charge in [0.1, 0.15) is 5.70 Å². The predicted molar refractivity (Wildman–Crippen MR) is 141 cm³/mol. The Bertz CT molecular complexity index is 1050. The minimum Gasteiger partial charge on any atom is -0.423 e. The number of esters is 1. The van der Waals surface area contributed by atoms with Crippen LogP contribution in [0.2, 0.25) is 0 Å². The minimum atomic E-state index is -0.857. The van der Waals surface area contributed by atoms with Gasteiger partial charge in [-0.25, -0.2) is 14.6 Å². The molecule has 2 N–H and O–H groups in total. The van der Waals surface area contributed by atoms with Crippen molar-refractivity contribution in [3.63, 3.8) is 0 Å². The monoisotopic (exact) mass is 553 g/mol. The van der Waals surface area contributed by atoms with Crippen LogP contribution in [0.3, 0.4) is 0 Å². The number of aliphatic hydroxyl groups excluding tert-OH is 2. The summed E-state index contributed by atoms with van der Waals surface area (Å²) >= 11 is 2.65. The maximum absolute atomic E-state index is 13.1. The van der Waals surface area contributed by atoms with Crippen molar-refractivity contribution < 1.29 is 34.1 Å². The molecule has 0 aromatic carbocycles. The third kappa shape index (κ3) is 6.36. The molecule has 1 aromatic heterocycles. The average Bonchev–Trinajstić information content (AvgIpc) is 3.39. The van der Waals surface area contributed by atoms with E-state index in [0.717, 1.165) is 11.3 Å². The Balaban J connectivity index is 1.73. The number of ether oxygens (including phenoxy) is 2.